The average Bonchev–Trinajstić information content (AvgIpc) is 2.16. The maximum atomic E-state index is 5.73. The Morgan fingerprint density at radius 1 is 1.31 bits per heavy atom. The molecule has 0 fully saturated rings. The lowest BCUT2D eigenvalue weighted by molar-refractivity contribution is 0.759. The molecule has 0 radical (unpaired) electrons. The van der Waals surface area contributed by atoms with Gasteiger partial charge in [0.25, 0.3) is 0 Å². The smallest absolute Gasteiger partial charge is 0.0257 e. The lowest BCUT2D eigenvalue weighted by atomic mass is 10.2. The van der Waals surface area contributed by atoms with E-state index in [2.05, 4.69) is 38.1 Å². The van der Waals surface area contributed by atoms with E-state index in [-0.39, 0.29) is 0 Å². The number of alkyl halides is 1. The van der Waals surface area contributed by atoms with Crippen LogP contribution in [0, 0.1) is 12.8 Å². The van der Waals surface area contributed by atoms with Gasteiger partial charge in [-0.25, -0.2) is 0 Å². The predicted octanol–water partition coefficient (Wildman–Crippen LogP) is 3.96. The molecule has 0 N–H and O–H groups in total. The molecule has 72 valence electrons. The van der Waals surface area contributed by atoms with Crippen LogP contribution in [-0.2, 0) is 0 Å². The van der Waals surface area contributed by atoms with Crippen LogP contribution >= 0.6 is 23.4 Å². The molecule has 0 bridgehead atoms. The summed E-state index contributed by atoms with van der Waals surface area (Å²) >= 11 is 7.61. The van der Waals surface area contributed by atoms with Gasteiger partial charge >= 0.3 is 0 Å². The first kappa shape index (κ1) is 10.9. The summed E-state index contributed by atoms with van der Waals surface area (Å²) < 4.78 is 0. The molecule has 0 spiro atoms. The van der Waals surface area contributed by atoms with Crippen LogP contribution in [0.2, 0.25) is 0 Å². The van der Waals surface area contributed by atoms with Gasteiger partial charge in [0, 0.05) is 16.5 Å². The third-order valence-corrected chi connectivity index (χ3v) is 3.69. The minimum absolute atomic E-state index is 0.591. The van der Waals surface area contributed by atoms with Crippen molar-refractivity contribution in [1.82, 2.24) is 0 Å². The van der Waals surface area contributed by atoms with Crippen LogP contribution in [0.1, 0.15) is 12.5 Å². The molecule has 1 atom stereocenters. The molecular formula is C11H15ClS. The maximum Gasteiger partial charge on any atom is 0.0257 e. The normalized spacial score (nSPS) is 12.8. The molecule has 0 saturated heterocycles. The summed E-state index contributed by atoms with van der Waals surface area (Å²) in [6, 6.07) is 8.63. The van der Waals surface area contributed by atoms with E-state index < -0.39 is 0 Å². The van der Waals surface area contributed by atoms with Crippen LogP contribution in [0.3, 0.4) is 0 Å². The van der Waals surface area contributed by atoms with E-state index in [1.54, 1.807) is 0 Å². The fourth-order valence-electron chi connectivity index (χ4n) is 0.918. The molecule has 0 amide bonds. The van der Waals surface area contributed by atoms with Crippen molar-refractivity contribution in [3.63, 3.8) is 0 Å². The summed E-state index contributed by atoms with van der Waals surface area (Å²) in [4.78, 5) is 1.34. The van der Waals surface area contributed by atoms with Gasteiger partial charge in [0.05, 0.1) is 0 Å². The summed E-state index contributed by atoms with van der Waals surface area (Å²) in [6.45, 7) is 4.28. The lowest BCUT2D eigenvalue weighted by Crippen LogP contribution is -1.98. The van der Waals surface area contributed by atoms with Crippen molar-refractivity contribution in [1.29, 1.82) is 0 Å². The molecule has 1 rings (SSSR count). The second-order valence-corrected chi connectivity index (χ2v) is 4.79. The zero-order chi connectivity index (χ0) is 9.68. The van der Waals surface area contributed by atoms with Crippen LogP contribution in [0.5, 0.6) is 0 Å². The van der Waals surface area contributed by atoms with Gasteiger partial charge < -0.3 is 0 Å². The van der Waals surface area contributed by atoms with Crippen LogP contribution < -0.4 is 0 Å². The first-order chi connectivity index (χ1) is 6.22. The quantitative estimate of drug-likeness (QED) is 0.540. The Balaban J connectivity index is 2.41. The third-order valence-electron chi connectivity index (χ3n) is 1.82. The number of aryl methyl sites for hydroxylation is 1. The Morgan fingerprint density at radius 3 is 2.46 bits per heavy atom. The molecular weight excluding hydrogens is 200 g/mol. The van der Waals surface area contributed by atoms with Crippen LogP contribution in [0.25, 0.3) is 0 Å². The number of thioether (sulfide) groups is 1. The van der Waals surface area contributed by atoms with E-state index >= 15 is 0 Å². The van der Waals surface area contributed by atoms with Crippen LogP contribution in [0.15, 0.2) is 29.2 Å². The second-order valence-electron chi connectivity index (χ2n) is 3.38. The number of halogens is 1. The first-order valence-corrected chi connectivity index (χ1v) is 6.00. The number of hydrogen-bond acceptors (Lipinski definition) is 1. The molecule has 0 nitrogen and oxygen atoms in total. The molecule has 2 heteroatoms. The van der Waals surface area contributed by atoms with Crippen LogP contribution in [-0.4, -0.2) is 11.6 Å². The Kier molecular flexibility index (Phi) is 4.68. The molecule has 0 aromatic heterocycles. The largest absolute Gasteiger partial charge is 0.126 e. The molecule has 1 aromatic rings. The van der Waals surface area contributed by atoms with E-state index in [1.165, 1.54) is 10.5 Å². The Morgan fingerprint density at radius 2 is 1.92 bits per heavy atom. The Labute approximate surface area is 89.7 Å². The van der Waals surface area contributed by atoms with Gasteiger partial charge in [-0.2, -0.15) is 0 Å². The average molecular weight is 215 g/mol. The predicted molar refractivity (Wildman–Crippen MR) is 61.8 cm³/mol. The summed E-state index contributed by atoms with van der Waals surface area (Å²) in [5.74, 6) is 2.44. The molecule has 0 aliphatic rings. The van der Waals surface area contributed by atoms with Gasteiger partial charge in [0.2, 0.25) is 0 Å². The number of rotatable bonds is 4. The summed E-state index contributed by atoms with van der Waals surface area (Å²) in [5, 5.41) is 0. The molecule has 0 saturated carbocycles. The lowest BCUT2D eigenvalue weighted by Gasteiger charge is -2.06. The first-order valence-electron chi connectivity index (χ1n) is 4.48. The summed E-state index contributed by atoms with van der Waals surface area (Å²) in [5.41, 5.74) is 1.31. The van der Waals surface area contributed by atoms with Crippen molar-refractivity contribution in [3.8, 4) is 0 Å². The van der Waals surface area contributed by atoms with Gasteiger partial charge in [0.15, 0.2) is 0 Å². The van der Waals surface area contributed by atoms with Crippen molar-refractivity contribution in [3.05, 3.63) is 29.8 Å². The SMILES string of the molecule is Cc1ccc(SCC(C)CCl)cc1. The van der Waals surface area contributed by atoms with E-state index in [4.69, 9.17) is 11.6 Å². The number of hydrogen-bond donors (Lipinski definition) is 0. The zero-order valence-corrected chi connectivity index (χ0v) is 9.66. The molecule has 0 aliphatic heterocycles. The maximum absolute atomic E-state index is 5.73. The molecule has 13 heavy (non-hydrogen) atoms. The standard InChI is InChI=1S/C11H15ClS/c1-9-3-5-11(6-4-9)13-8-10(2)7-12/h3-6,10H,7-8H2,1-2H3. The van der Waals surface area contributed by atoms with Gasteiger partial charge in [-0.1, -0.05) is 24.6 Å². The van der Waals surface area contributed by atoms with Crippen LogP contribution in [0.4, 0.5) is 0 Å². The Bertz CT molecular complexity index is 243. The minimum Gasteiger partial charge on any atom is -0.126 e. The van der Waals surface area contributed by atoms with Gasteiger partial charge in [-0.05, 0) is 25.0 Å². The summed E-state index contributed by atoms with van der Waals surface area (Å²) in [6.07, 6.45) is 0. The molecule has 0 aliphatic carbocycles. The van der Waals surface area contributed by atoms with Crippen molar-refractivity contribution in [2.24, 2.45) is 5.92 Å². The fourth-order valence-corrected chi connectivity index (χ4v) is 2.08. The monoisotopic (exact) mass is 214 g/mol. The van der Waals surface area contributed by atoms with Gasteiger partial charge in [-0.15, -0.1) is 23.4 Å². The van der Waals surface area contributed by atoms with E-state index in [9.17, 15) is 0 Å². The third kappa shape index (κ3) is 4.06. The van der Waals surface area contributed by atoms with Gasteiger partial charge in [0.1, 0.15) is 0 Å². The van der Waals surface area contributed by atoms with Gasteiger partial charge in [-0.3, -0.25) is 0 Å². The highest BCUT2D eigenvalue weighted by atomic mass is 35.5. The highest BCUT2D eigenvalue weighted by Crippen LogP contribution is 2.21. The van der Waals surface area contributed by atoms with E-state index in [1.807, 2.05) is 11.8 Å². The van der Waals surface area contributed by atoms with Crippen molar-refractivity contribution in [2.75, 3.05) is 11.6 Å². The topological polar surface area (TPSA) is 0 Å². The van der Waals surface area contributed by atoms with Crippen molar-refractivity contribution in [2.45, 2.75) is 18.7 Å². The van der Waals surface area contributed by atoms with Crippen molar-refractivity contribution >= 4 is 23.4 Å². The Hall–Kier alpha value is -0.140. The second kappa shape index (κ2) is 5.56. The molecule has 0 heterocycles. The highest BCUT2D eigenvalue weighted by molar-refractivity contribution is 7.99. The highest BCUT2D eigenvalue weighted by Gasteiger charge is 2.00. The summed E-state index contributed by atoms with van der Waals surface area (Å²) in [7, 11) is 0. The number of benzene rings is 1. The molecule has 1 unspecified atom stereocenters. The fraction of sp³-hybridized carbons (Fsp3) is 0.455. The van der Waals surface area contributed by atoms with E-state index in [0.717, 1.165) is 11.6 Å². The minimum atomic E-state index is 0.591. The zero-order valence-electron chi connectivity index (χ0n) is 8.09. The van der Waals surface area contributed by atoms with Crippen molar-refractivity contribution < 1.29 is 0 Å². The molecule has 1 aromatic carbocycles. The van der Waals surface area contributed by atoms with E-state index in [0.29, 0.717) is 5.92 Å².